The van der Waals surface area contributed by atoms with E-state index >= 15 is 0 Å². The zero-order chi connectivity index (χ0) is 13.0. The summed E-state index contributed by atoms with van der Waals surface area (Å²) < 4.78 is 18.3. The van der Waals surface area contributed by atoms with Gasteiger partial charge < -0.3 is 10.1 Å². The maximum absolute atomic E-state index is 13.3. The Balaban J connectivity index is 2.70. The Bertz CT molecular complexity index is 426. The van der Waals surface area contributed by atoms with Crippen LogP contribution in [0.4, 0.5) is 10.1 Å². The summed E-state index contributed by atoms with van der Waals surface area (Å²) in [7, 11) is 1.32. The van der Waals surface area contributed by atoms with Gasteiger partial charge in [-0.05, 0) is 40.5 Å². The lowest BCUT2D eigenvalue weighted by Crippen LogP contribution is -2.24. The van der Waals surface area contributed by atoms with E-state index in [4.69, 9.17) is 0 Å². The molecule has 0 heterocycles. The van der Waals surface area contributed by atoms with Gasteiger partial charge in [-0.15, -0.1) is 0 Å². The zero-order valence-electron chi connectivity index (χ0n) is 9.39. The largest absolute Gasteiger partial charge is 0.468 e. The third-order valence-electron chi connectivity index (χ3n) is 2.20. The number of anilines is 1. The van der Waals surface area contributed by atoms with E-state index in [1.165, 1.54) is 13.2 Å². The number of rotatable bonds is 4. The molecule has 0 bridgehead atoms. The number of hydrogen-bond acceptors (Lipinski definition) is 3. The SMILES string of the molecule is COC(=O)C(Br)CNc1cc(F)c(Br)cc1C. The van der Waals surface area contributed by atoms with Gasteiger partial charge >= 0.3 is 5.97 Å². The minimum atomic E-state index is -0.460. The standard InChI is InChI=1S/C11H12Br2FNO2/c1-6-3-7(12)9(14)4-10(6)15-5-8(13)11(16)17-2/h3-4,8,15H,5H2,1-2H3. The summed E-state index contributed by atoms with van der Waals surface area (Å²) in [5.74, 6) is -0.713. The van der Waals surface area contributed by atoms with Crippen LogP contribution in [-0.4, -0.2) is 24.5 Å². The molecule has 1 N–H and O–H groups in total. The van der Waals surface area contributed by atoms with Crippen LogP contribution in [0.2, 0.25) is 0 Å². The number of carbonyl (C=O) groups excluding carboxylic acids is 1. The third kappa shape index (κ3) is 3.96. The highest BCUT2D eigenvalue weighted by Gasteiger charge is 2.15. The predicted octanol–water partition coefficient (Wildman–Crippen LogP) is 3.25. The first kappa shape index (κ1) is 14.4. The van der Waals surface area contributed by atoms with Gasteiger partial charge in [-0.25, -0.2) is 4.39 Å². The third-order valence-corrected chi connectivity index (χ3v) is 3.50. The Hall–Kier alpha value is -0.620. The molecule has 0 aromatic heterocycles. The van der Waals surface area contributed by atoms with Crippen molar-refractivity contribution in [2.45, 2.75) is 11.8 Å². The number of halogens is 3. The van der Waals surface area contributed by atoms with Gasteiger partial charge in [0.2, 0.25) is 0 Å². The molecule has 0 saturated heterocycles. The number of carbonyl (C=O) groups is 1. The molecule has 94 valence electrons. The van der Waals surface area contributed by atoms with E-state index in [0.717, 1.165) is 5.56 Å². The van der Waals surface area contributed by atoms with Gasteiger partial charge in [-0.2, -0.15) is 0 Å². The number of alkyl halides is 1. The van der Waals surface area contributed by atoms with Crippen LogP contribution in [0.5, 0.6) is 0 Å². The number of benzene rings is 1. The Labute approximate surface area is 116 Å². The molecular formula is C11H12Br2FNO2. The highest BCUT2D eigenvalue weighted by atomic mass is 79.9. The lowest BCUT2D eigenvalue weighted by Gasteiger charge is -2.13. The van der Waals surface area contributed by atoms with E-state index in [1.54, 1.807) is 6.07 Å². The van der Waals surface area contributed by atoms with Crippen LogP contribution in [0.25, 0.3) is 0 Å². The molecular weight excluding hydrogens is 357 g/mol. The molecule has 0 aliphatic heterocycles. The van der Waals surface area contributed by atoms with Crippen LogP contribution in [0.1, 0.15) is 5.56 Å². The van der Waals surface area contributed by atoms with Gasteiger partial charge in [-0.3, -0.25) is 4.79 Å². The maximum Gasteiger partial charge on any atom is 0.321 e. The van der Waals surface area contributed by atoms with Crippen molar-refractivity contribution in [3.63, 3.8) is 0 Å². The normalized spacial score (nSPS) is 12.1. The number of ether oxygens (including phenoxy) is 1. The van der Waals surface area contributed by atoms with Gasteiger partial charge in [0.1, 0.15) is 10.6 Å². The summed E-state index contributed by atoms with van der Waals surface area (Å²) in [6.45, 7) is 2.18. The smallest absolute Gasteiger partial charge is 0.321 e. The first-order valence-electron chi connectivity index (χ1n) is 4.87. The first-order chi connectivity index (χ1) is 7.95. The van der Waals surface area contributed by atoms with Gasteiger partial charge in [0.05, 0.1) is 11.6 Å². The molecule has 1 aromatic carbocycles. The average molecular weight is 369 g/mol. The average Bonchev–Trinajstić information content (AvgIpc) is 2.30. The zero-order valence-corrected chi connectivity index (χ0v) is 12.6. The minimum absolute atomic E-state index is 0.328. The summed E-state index contributed by atoms with van der Waals surface area (Å²) in [5.41, 5.74) is 1.54. The number of methoxy groups -OCH3 is 1. The highest BCUT2D eigenvalue weighted by molar-refractivity contribution is 9.10. The summed E-state index contributed by atoms with van der Waals surface area (Å²) >= 11 is 6.29. The van der Waals surface area contributed by atoms with Gasteiger partial charge in [0.15, 0.2) is 0 Å². The fourth-order valence-electron chi connectivity index (χ4n) is 1.25. The van der Waals surface area contributed by atoms with E-state index in [0.29, 0.717) is 16.7 Å². The molecule has 1 atom stereocenters. The highest BCUT2D eigenvalue weighted by Crippen LogP contribution is 2.24. The van der Waals surface area contributed by atoms with E-state index < -0.39 is 4.83 Å². The summed E-state index contributed by atoms with van der Waals surface area (Å²) in [5, 5.41) is 2.99. The Morgan fingerprint density at radius 1 is 1.59 bits per heavy atom. The van der Waals surface area contributed by atoms with Crippen LogP contribution in [0.15, 0.2) is 16.6 Å². The van der Waals surface area contributed by atoms with Crippen molar-refractivity contribution in [3.05, 3.63) is 28.0 Å². The van der Waals surface area contributed by atoms with Gasteiger partial charge in [0.25, 0.3) is 0 Å². The van der Waals surface area contributed by atoms with Crippen LogP contribution >= 0.6 is 31.9 Å². The quantitative estimate of drug-likeness (QED) is 0.654. The predicted molar refractivity (Wildman–Crippen MR) is 72.1 cm³/mol. The first-order valence-corrected chi connectivity index (χ1v) is 6.58. The molecule has 0 radical (unpaired) electrons. The Morgan fingerprint density at radius 2 is 2.24 bits per heavy atom. The number of aryl methyl sites for hydroxylation is 1. The molecule has 0 aliphatic rings. The molecule has 6 heteroatoms. The van der Waals surface area contributed by atoms with Crippen molar-refractivity contribution in [1.82, 2.24) is 0 Å². The molecule has 0 aliphatic carbocycles. The fraction of sp³-hybridized carbons (Fsp3) is 0.364. The monoisotopic (exact) mass is 367 g/mol. The van der Waals surface area contributed by atoms with Gasteiger partial charge in [-0.1, -0.05) is 15.9 Å². The van der Waals surface area contributed by atoms with E-state index in [2.05, 4.69) is 41.9 Å². The minimum Gasteiger partial charge on any atom is -0.468 e. The number of esters is 1. The second-order valence-electron chi connectivity index (χ2n) is 3.45. The lowest BCUT2D eigenvalue weighted by molar-refractivity contribution is -0.139. The molecule has 1 rings (SSSR count). The summed E-state index contributed by atoms with van der Waals surface area (Å²) in [6.07, 6.45) is 0. The summed E-state index contributed by atoms with van der Waals surface area (Å²) in [6, 6.07) is 3.06. The summed E-state index contributed by atoms with van der Waals surface area (Å²) in [4.78, 5) is 10.7. The van der Waals surface area contributed by atoms with E-state index in [-0.39, 0.29) is 11.8 Å². The maximum atomic E-state index is 13.3. The Morgan fingerprint density at radius 3 is 2.82 bits per heavy atom. The molecule has 3 nitrogen and oxygen atoms in total. The molecule has 17 heavy (non-hydrogen) atoms. The molecule has 1 aromatic rings. The van der Waals surface area contributed by atoms with Crippen LogP contribution in [-0.2, 0) is 9.53 Å². The van der Waals surface area contributed by atoms with Crippen molar-refractivity contribution in [1.29, 1.82) is 0 Å². The molecule has 1 unspecified atom stereocenters. The number of nitrogens with one attached hydrogen (secondary N) is 1. The van der Waals surface area contributed by atoms with E-state index in [1.807, 2.05) is 6.92 Å². The van der Waals surface area contributed by atoms with E-state index in [9.17, 15) is 9.18 Å². The van der Waals surface area contributed by atoms with Gasteiger partial charge in [0, 0.05) is 12.2 Å². The van der Waals surface area contributed by atoms with Crippen molar-refractivity contribution in [3.8, 4) is 0 Å². The van der Waals surface area contributed by atoms with Crippen molar-refractivity contribution in [2.75, 3.05) is 19.0 Å². The van der Waals surface area contributed by atoms with Crippen LogP contribution < -0.4 is 5.32 Å². The molecule has 0 spiro atoms. The molecule has 0 fully saturated rings. The van der Waals surface area contributed by atoms with Crippen molar-refractivity contribution in [2.24, 2.45) is 0 Å². The van der Waals surface area contributed by atoms with Crippen LogP contribution in [0.3, 0.4) is 0 Å². The van der Waals surface area contributed by atoms with Crippen LogP contribution in [0, 0.1) is 12.7 Å². The fourth-order valence-corrected chi connectivity index (χ4v) is 2.05. The lowest BCUT2D eigenvalue weighted by atomic mass is 10.2. The second kappa shape index (κ2) is 6.35. The Kier molecular flexibility index (Phi) is 5.39. The van der Waals surface area contributed by atoms with Crippen molar-refractivity contribution < 1.29 is 13.9 Å². The van der Waals surface area contributed by atoms with Crippen molar-refractivity contribution >= 4 is 43.5 Å². The number of hydrogen-bond donors (Lipinski definition) is 1. The molecule has 0 amide bonds. The second-order valence-corrected chi connectivity index (χ2v) is 5.41. The topological polar surface area (TPSA) is 38.3 Å². The molecule has 0 saturated carbocycles.